The Morgan fingerprint density at radius 2 is 0.162 bits per heavy atom. The monoisotopic (exact) mass is 1650 g/mol. The SMILES string of the molecule is C#CC#CC#CC#CC#CC#CC#CC#CC#CC#CC#CC#CC#CC#CC#CC#CC#CC#CC#CC#CC#CC#CC#CC#CC#CC#CC#CC#CC#CC#CC#CC#CC#CC#CC#CC#CC#CC#CC#CC#CC#CC#CC#CC#CC#CC#CC#CC#CC#CC#CC#CC#CC#CC#CC#CC#CC#CC#CC#CC#CC#CC#CC#CC#CC.CC.CC(N)=O.[B]. The highest BCUT2D eigenvalue weighted by Gasteiger charge is 1.70. The number of hydrogen-bond donors (Lipinski definition) is 1. The first-order valence-corrected chi connectivity index (χ1v) is 34.3. The van der Waals surface area contributed by atoms with Crippen LogP contribution in [0.5, 0.6) is 0 Å². The van der Waals surface area contributed by atoms with Crippen LogP contribution in [0.1, 0.15) is 27.7 Å². The summed E-state index contributed by atoms with van der Waals surface area (Å²) in [5.41, 5.74) is 4.47. The number of terminal acetylenes is 1. The molecular formula is C133H15BNO. The number of carbonyl (C=O) groups is 1. The molecule has 136 heavy (non-hydrogen) atoms. The number of rotatable bonds is 0. The molecule has 3 radical (unpaired) electrons. The van der Waals surface area contributed by atoms with Crippen molar-refractivity contribution in [2.75, 3.05) is 0 Å². The van der Waals surface area contributed by atoms with Crippen LogP contribution >= 0.6 is 0 Å². The van der Waals surface area contributed by atoms with Crippen molar-refractivity contribution in [3.8, 4) is 758 Å². The van der Waals surface area contributed by atoms with Crippen LogP contribution in [0.15, 0.2) is 0 Å². The summed E-state index contributed by atoms with van der Waals surface area (Å²) >= 11 is 0. The van der Waals surface area contributed by atoms with E-state index in [9.17, 15) is 4.79 Å². The molecule has 0 bridgehead atoms. The third kappa shape index (κ3) is 121. The first-order valence-electron chi connectivity index (χ1n) is 34.3. The second-order valence-corrected chi connectivity index (χ2v) is 16.6. The number of hydrogen-bond acceptors (Lipinski definition) is 1. The molecule has 0 aromatic heterocycles. The van der Waals surface area contributed by atoms with Gasteiger partial charge in [0.2, 0.25) is 5.91 Å². The summed E-state index contributed by atoms with van der Waals surface area (Å²) in [5.74, 6) is 317. The fourth-order valence-corrected chi connectivity index (χ4v) is 3.94. The summed E-state index contributed by atoms with van der Waals surface area (Å²) in [7, 11) is 0. The van der Waals surface area contributed by atoms with Crippen molar-refractivity contribution in [1.82, 2.24) is 0 Å². The van der Waals surface area contributed by atoms with E-state index in [0.717, 1.165) is 0 Å². The van der Waals surface area contributed by atoms with Crippen LogP contribution in [-0.4, -0.2) is 14.3 Å². The average Bonchev–Trinajstić information content (AvgIpc) is 1.10. The predicted octanol–water partition coefficient (Wildman–Crippen LogP) is 0.991. The summed E-state index contributed by atoms with van der Waals surface area (Å²) in [5, 5.41) is 0. The third-order valence-electron chi connectivity index (χ3n) is 7.95. The number of nitrogens with two attached hydrogens (primary N) is 1. The number of amides is 1. The minimum atomic E-state index is -0.333. The summed E-state index contributed by atoms with van der Waals surface area (Å²) in [6, 6.07) is 0. The number of primary amides is 1. The van der Waals surface area contributed by atoms with Crippen LogP contribution in [-0.2, 0) is 4.79 Å². The Labute approximate surface area is 805 Å². The molecule has 3 heteroatoms. The van der Waals surface area contributed by atoms with Crippen LogP contribution in [0.25, 0.3) is 0 Å². The third-order valence-corrected chi connectivity index (χ3v) is 7.95. The van der Waals surface area contributed by atoms with Crippen LogP contribution in [0.2, 0.25) is 0 Å². The Hall–Kier alpha value is -28.6. The lowest BCUT2D eigenvalue weighted by Gasteiger charge is -1.60. The Balaban J connectivity index is -0.0000121. The zero-order chi connectivity index (χ0) is 97.4. The lowest BCUT2D eigenvalue weighted by molar-refractivity contribution is -0.115. The highest BCUT2D eigenvalue weighted by atomic mass is 16.1. The molecule has 0 atom stereocenters. The lowest BCUT2D eigenvalue weighted by Crippen LogP contribution is -2.01. The minimum Gasteiger partial charge on any atom is -0.370 e. The topological polar surface area (TPSA) is 43.1 Å². The Kier molecular flexibility index (Phi) is 96.1. The van der Waals surface area contributed by atoms with Crippen molar-refractivity contribution in [3.05, 3.63) is 0 Å². The van der Waals surface area contributed by atoms with Gasteiger partial charge in [-0.15, -0.1) is 6.42 Å². The molecule has 561 valence electrons. The molecule has 1 amide bonds. The largest absolute Gasteiger partial charge is 0.370 e. The number of carbonyl (C=O) groups excluding carboxylic acids is 1. The van der Waals surface area contributed by atoms with Gasteiger partial charge in [0.15, 0.2) is 0 Å². The van der Waals surface area contributed by atoms with E-state index < -0.39 is 0 Å². The van der Waals surface area contributed by atoms with Crippen LogP contribution < -0.4 is 5.73 Å². The van der Waals surface area contributed by atoms with E-state index in [0.29, 0.717) is 0 Å². The maximum Gasteiger partial charge on any atom is 0.214 e. The predicted molar refractivity (Wildman–Crippen MR) is 536 cm³/mol. The van der Waals surface area contributed by atoms with Gasteiger partial charge in [-0.25, -0.2) is 0 Å². The molecule has 0 aliphatic heterocycles. The van der Waals surface area contributed by atoms with E-state index in [1.807, 2.05) is 13.8 Å². The zero-order valence-corrected chi connectivity index (χ0v) is 70.1. The molecule has 0 heterocycles. The molecule has 0 aromatic carbocycles. The summed E-state index contributed by atoms with van der Waals surface area (Å²) in [4.78, 5) is 9.22. The van der Waals surface area contributed by atoms with E-state index in [-0.39, 0.29) is 14.3 Å². The van der Waals surface area contributed by atoms with Crippen LogP contribution in [0.3, 0.4) is 0 Å². The molecule has 0 aliphatic rings. The van der Waals surface area contributed by atoms with Crippen molar-refractivity contribution < 1.29 is 4.79 Å². The quantitative estimate of drug-likeness (QED) is 0.286. The summed E-state index contributed by atoms with van der Waals surface area (Å²) in [6.07, 6.45) is 4.96. The van der Waals surface area contributed by atoms with Gasteiger partial charge in [0.25, 0.3) is 0 Å². The van der Waals surface area contributed by atoms with Gasteiger partial charge < -0.3 is 5.73 Å². The minimum absolute atomic E-state index is 0. The normalized spacial score (nSPS) is 3.99. The average molecular weight is 1650 g/mol. The zero-order valence-electron chi connectivity index (χ0n) is 70.1. The van der Waals surface area contributed by atoms with E-state index in [1.165, 1.54) is 6.92 Å². The smallest absolute Gasteiger partial charge is 0.214 e. The second kappa shape index (κ2) is 115. The second-order valence-electron chi connectivity index (χ2n) is 16.6. The molecule has 0 spiro atoms. The lowest BCUT2D eigenvalue weighted by atomic mass is 10.4. The van der Waals surface area contributed by atoms with Gasteiger partial charge in [-0.3, -0.25) is 4.79 Å². The first kappa shape index (κ1) is 114. The van der Waals surface area contributed by atoms with Crippen LogP contribution in [0, 0.1) is 758 Å². The van der Waals surface area contributed by atoms with Crippen LogP contribution in [0.4, 0.5) is 0 Å². The highest BCUT2D eigenvalue weighted by Crippen LogP contribution is 1.70. The van der Waals surface area contributed by atoms with Gasteiger partial charge in [-0.1, -0.05) is 19.8 Å². The van der Waals surface area contributed by atoms with Crippen molar-refractivity contribution in [1.29, 1.82) is 0 Å². The highest BCUT2D eigenvalue weighted by molar-refractivity contribution is 5.75. The molecule has 0 aromatic rings. The molecule has 0 saturated heterocycles. The van der Waals surface area contributed by atoms with E-state index in [1.54, 1.807) is 6.92 Å². The maximum absolute atomic E-state index is 9.22. The Morgan fingerprint density at radius 1 is 0.125 bits per heavy atom. The Bertz CT molecular complexity index is 9140. The summed E-state index contributed by atoms with van der Waals surface area (Å²) < 4.78 is 0. The molecule has 2 nitrogen and oxygen atoms in total. The molecule has 2 N–H and O–H groups in total. The van der Waals surface area contributed by atoms with Gasteiger partial charge >= 0.3 is 0 Å². The van der Waals surface area contributed by atoms with Gasteiger partial charge in [0.1, 0.15) is 0 Å². The van der Waals surface area contributed by atoms with Crippen molar-refractivity contribution in [3.63, 3.8) is 0 Å². The molecule has 0 unspecified atom stereocenters. The fourth-order valence-electron chi connectivity index (χ4n) is 3.94. The molecule has 0 aliphatic carbocycles. The van der Waals surface area contributed by atoms with E-state index in [4.69, 9.17) is 6.42 Å². The molecule has 0 saturated carbocycles. The van der Waals surface area contributed by atoms with Gasteiger partial charge in [-0.2, -0.15) is 0 Å². The van der Waals surface area contributed by atoms with Crippen molar-refractivity contribution in [2.24, 2.45) is 5.73 Å². The maximum atomic E-state index is 9.22. The first-order chi connectivity index (χ1) is 67.1. The van der Waals surface area contributed by atoms with Gasteiger partial charge in [-0.05, 0) is 102 Å². The van der Waals surface area contributed by atoms with Gasteiger partial charge in [0.05, 0.1) is 0 Å². The van der Waals surface area contributed by atoms with E-state index >= 15 is 0 Å². The Morgan fingerprint density at radius 3 is 0.199 bits per heavy atom. The van der Waals surface area contributed by atoms with E-state index in [2.05, 4.69) is 758 Å². The summed E-state index contributed by atoms with van der Waals surface area (Å²) in [6.45, 7) is 6.99. The van der Waals surface area contributed by atoms with Crippen molar-refractivity contribution >= 4 is 14.3 Å². The fraction of sp³-hybridized carbons (Fsp3) is 0.0301. The molecular weight excluding hydrogens is 1640 g/mol. The van der Waals surface area contributed by atoms with Crippen molar-refractivity contribution in [2.45, 2.75) is 27.7 Å². The molecule has 0 rings (SSSR count). The van der Waals surface area contributed by atoms with Gasteiger partial charge in [0, 0.05) is 667 Å². The standard InChI is InChI=1S/C129H4.C2H5NO.C2H6.B/c1-3-5-7-9-11-13-15-17-19-21-23-25-27-29-31-33-35-37-39-41-43-45-47-49-51-53-55-57-59-61-63-65-67-69-71-73-75-77-79-81-83-85-87-89-91-93-95-97-99-101-103-105-107-109-111-113-115-117-119-121-123-125-127-129-128-126-124-122-120-118-116-114-112-110-108-106-104-102-100-98-96-94-92-90-88-86-84-82-80-78-76-74-72-70-68-66-64-62-60-58-56-54-52-50-48-46-44-42-40-38-36-34-32-30-28-26-24-22-20-18-16-14-12-10-8-6-4-2;1-2(3)4;1-2;/h1H,2H3;1H3,(H2,3,4);1-2H3;. The molecule has 0 fully saturated rings.